The van der Waals surface area contributed by atoms with Gasteiger partial charge in [0, 0.05) is 44.2 Å². The minimum atomic E-state index is -4.31. The molecule has 2 aromatic rings. The highest BCUT2D eigenvalue weighted by Gasteiger charge is 2.35. The van der Waals surface area contributed by atoms with Crippen molar-refractivity contribution in [3.05, 3.63) is 82.1 Å². The van der Waals surface area contributed by atoms with Crippen LogP contribution >= 0.6 is 0 Å². The summed E-state index contributed by atoms with van der Waals surface area (Å²) < 4.78 is 39.7. The number of hydrogen-bond donors (Lipinski definition) is 1. The number of hydrogen-bond acceptors (Lipinski definition) is 3. The van der Waals surface area contributed by atoms with Crippen molar-refractivity contribution in [1.29, 1.82) is 0 Å². The largest absolute Gasteiger partial charge is 0.416 e. The van der Waals surface area contributed by atoms with Gasteiger partial charge in [0.15, 0.2) is 0 Å². The van der Waals surface area contributed by atoms with Gasteiger partial charge in [-0.2, -0.15) is 13.2 Å². The average molecular weight is 429 g/mol. The lowest BCUT2D eigenvalue weighted by atomic mass is 9.94. The van der Waals surface area contributed by atoms with Crippen LogP contribution in [0, 0.1) is 0 Å². The molecule has 0 atom stereocenters. The van der Waals surface area contributed by atoms with Gasteiger partial charge >= 0.3 is 6.18 Å². The SMILES string of the molecule is CC=N/C=C(\C)C(=O)NCc1ccc(CN2CCc3c(cccc3C(F)(F)F)C2)cc1. The summed E-state index contributed by atoms with van der Waals surface area (Å²) in [5, 5.41) is 2.85. The molecule has 0 saturated carbocycles. The fourth-order valence-electron chi connectivity index (χ4n) is 3.66. The van der Waals surface area contributed by atoms with E-state index in [-0.39, 0.29) is 5.91 Å². The molecule has 2 aromatic carbocycles. The van der Waals surface area contributed by atoms with E-state index in [1.165, 1.54) is 18.3 Å². The van der Waals surface area contributed by atoms with Gasteiger partial charge in [0.05, 0.1) is 5.56 Å². The third-order valence-corrected chi connectivity index (χ3v) is 5.31. The van der Waals surface area contributed by atoms with E-state index < -0.39 is 11.7 Å². The molecule has 1 aliphatic rings. The van der Waals surface area contributed by atoms with Gasteiger partial charge in [-0.15, -0.1) is 0 Å². The molecule has 0 radical (unpaired) electrons. The first-order valence-electron chi connectivity index (χ1n) is 10.2. The molecule has 0 aromatic heterocycles. The minimum Gasteiger partial charge on any atom is -0.348 e. The number of benzene rings is 2. The van der Waals surface area contributed by atoms with Crippen LogP contribution in [0.2, 0.25) is 0 Å². The first kappa shape index (κ1) is 22.7. The number of nitrogens with zero attached hydrogens (tertiary/aromatic N) is 2. The second-order valence-electron chi connectivity index (χ2n) is 7.62. The van der Waals surface area contributed by atoms with Crippen molar-refractivity contribution in [3.63, 3.8) is 0 Å². The number of carbonyl (C=O) groups is 1. The Morgan fingerprint density at radius 2 is 1.87 bits per heavy atom. The summed E-state index contributed by atoms with van der Waals surface area (Å²) in [6.07, 6.45) is -0.779. The highest BCUT2D eigenvalue weighted by Crippen LogP contribution is 2.35. The minimum absolute atomic E-state index is 0.167. The highest BCUT2D eigenvalue weighted by atomic mass is 19.4. The maximum absolute atomic E-state index is 13.2. The Hall–Kier alpha value is -2.93. The Balaban J connectivity index is 1.57. The molecule has 1 aliphatic heterocycles. The van der Waals surface area contributed by atoms with Crippen LogP contribution in [-0.4, -0.2) is 23.6 Å². The van der Waals surface area contributed by atoms with Crippen molar-refractivity contribution in [2.75, 3.05) is 6.54 Å². The summed E-state index contributed by atoms with van der Waals surface area (Å²) in [4.78, 5) is 18.1. The molecule has 0 aliphatic carbocycles. The van der Waals surface area contributed by atoms with E-state index in [0.717, 1.165) is 16.7 Å². The van der Waals surface area contributed by atoms with Crippen LogP contribution in [0.3, 0.4) is 0 Å². The van der Waals surface area contributed by atoms with Crippen molar-refractivity contribution >= 4 is 12.1 Å². The molecule has 0 fully saturated rings. The van der Waals surface area contributed by atoms with Crippen molar-refractivity contribution in [1.82, 2.24) is 10.2 Å². The van der Waals surface area contributed by atoms with Gasteiger partial charge in [0.2, 0.25) is 5.91 Å². The van der Waals surface area contributed by atoms with Gasteiger partial charge in [0.1, 0.15) is 0 Å². The topological polar surface area (TPSA) is 44.7 Å². The van der Waals surface area contributed by atoms with Crippen LogP contribution in [-0.2, 0) is 37.0 Å². The zero-order valence-electron chi connectivity index (χ0n) is 17.7. The molecule has 0 saturated heterocycles. The molecule has 164 valence electrons. The van der Waals surface area contributed by atoms with Gasteiger partial charge in [-0.05, 0) is 48.6 Å². The van der Waals surface area contributed by atoms with Crippen molar-refractivity contribution in [2.45, 2.75) is 46.1 Å². The predicted molar refractivity (Wildman–Crippen MR) is 115 cm³/mol. The Morgan fingerprint density at radius 1 is 1.16 bits per heavy atom. The van der Waals surface area contributed by atoms with Crippen molar-refractivity contribution < 1.29 is 18.0 Å². The lowest BCUT2D eigenvalue weighted by molar-refractivity contribution is -0.138. The number of carbonyl (C=O) groups excluding carboxylic acids is 1. The predicted octanol–water partition coefficient (Wildman–Crippen LogP) is 4.87. The van der Waals surface area contributed by atoms with Crippen LogP contribution in [0.4, 0.5) is 13.2 Å². The third-order valence-electron chi connectivity index (χ3n) is 5.31. The summed E-state index contributed by atoms with van der Waals surface area (Å²) in [5.74, 6) is -0.167. The summed E-state index contributed by atoms with van der Waals surface area (Å²) in [7, 11) is 0. The monoisotopic (exact) mass is 429 g/mol. The van der Waals surface area contributed by atoms with Crippen LogP contribution < -0.4 is 5.32 Å². The molecule has 3 rings (SSSR count). The molecule has 1 amide bonds. The molecular formula is C24H26F3N3O. The van der Waals surface area contributed by atoms with Crippen molar-refractivity contribution in [2.24, 2.45) is 4.99 Å². The third kappa shape index (κ3) is 6.04. The van der Waals surface area contributed by atoms with E-state index in [1.54, 1.807) is 26.1 Å². The number of amides is 1. The van der Waals surface area contributed by atoms with Crippen LogP contribution in [0.1, 0.15) is 41.7 Å². The van der Waals surface area contributed by atoms with Gasteiger partial charge in [0.25, 0.3) is 0 Å². The smallest absolute Gasteiger partial charge is 0.348 e. The number of halogens is 3. The maximum atomic E-state index is 13.2. The molecule has 1 heterocycles. The van der Waals surface area contributed by atoms with E-state index in [2.05, 4.69) is 15.2 Å². The van der Waals surface area contributed by atoms with Gasteiger partial charge < -0.3 is 5.32 Å². The Morgan fingerprint density at radius 3 is 2.55 bits per heavy atom. The normalized spacial score (nSPS) is 15.2. The zero-order valence-corrected chi connectivity index (χ0v) is 17.7. The van der Waals surface area contributed by atoms with Gasteiger partial charge in [-0.25, -0.2) is 0 Å². The lowest BCUT2D eigenvalue weighted by Gasteiger charge is -2.30. The fraction of sp³-hybridized carbons (Fsp3) is 0.333. The Labute approximate surface area is 180 Å². The van der Waals surface area contributed by atoms with Gasteiger partial charge in [-0.1, -0.05) is 36.4 Å². The molecule has 31 heavy (non-hydrogen) atoms. The summed E-state index contributed by atoms with van der Waals surface area (Å²) >= 11 is 0. The van der Waals surface area contributed by atoms with E-state index in [4.69, 9.17) is 0 Å². The molecule has 1 N–H and O–H groups in total. The molecule has 0 spiro atoms. The second-order valence-corrected chi connectivity index (χ2v) is 7.62. The average Bonchev–Trinajstić information content (AvgIpc) is 2.75. The zero-order chi connectivity index (χ0) is 22.4. The summed E-state index contributed by atoms with van der Waals surface area (Å²) in [5.41, 5.74) is 3.25. The molecule has 0 unspecified atom stereocenters. The summed E-state index contributed by atoms with van der Waals surface area (Å²) in [6.45, 7) is 5.66. The number of aliphatic imine (C=N–C) groups is 1. The van der Waals surface area contributed by atoms with E-state index in [0.29, 0.717) is 43.7 Å². The molecule has 7 heteroatoms. The van der Waals surface area contributed by atoms with Crippen LogP contribution in [0.25, 0.3) is 0 Å². The first-order valence-corrected chi connectivity index (χ1v) is 10.2. The summed E-state index contributed by atoms with van der Waals surface area (Å²) in [6, 6.07) is 12.3. The number of nitrogens with one attached hydrogen (secondary N) is 1. The Kier molecular flexibility index (Phi) is 7.28. The van der Waals surface area contributed by atoms with E-state index in [1.807, 2.05) is 24.3 Å². The van der Waals surface area contributed by atoms with Gasteiger partial charge in [-0.3, -0.25) is 14.7 Å². The van der Waals surface area contributed by atoms with E-state index >= 15 is 0 Å². The lowest BCUT2D eigenvalue weighted by Crippen LogP contribution is -2.31. The molecule has 0 bridgehead atoms. The van der Waals surface area contributed by atoms with Crippen molar-refractivity contribution in [3.8, 4) is 0 Å². The highest BCUT2D eigenvalue weighted by molar-refractivity contribution is 5.92. The standard InChI is InChI=1S/C24H26F3N3O/c1-3-28-13-17(2)23(31)29-14-18-7-9-19(10-8-18)15-30-12-11-21-20(16-30)5-4-6-22(21)24(25,26)27/h3-10,13H,11-12,14-16H2,1-2H3,(H,29,31)/b17-13+,28-3?. The second kappa shape index (κ2) is 9.92. The Bertz CT molecular complexity index is 979. The van der Waals surface area contributed by atoms with E-state index in [9.17, 15) is 18.0 Å². The van der Waals surface area contributed by atoms with Crippen LogP contribution in [0.5, 0.6) is 0 Å². The van der Waals surface area contributed by atoms with Crippen LogP contribution in [0.15, 0.2) is 59.2 Å². The first-order chi connectivity index (χ1) is 14.8. The number of alkyl halides is 3. The molecule has 4 nitrogen and oxygen atoms in total. The fourth-order valence-corrected chi connectivity index (χ4v) is 3.66. The quantitative estimate of drug-likeness (QED) is 0.526. The number of fused-ring (bicyclic) bond motifs is 1. The maximum Gasteiger partial charge on any atom is 0.416 e. The number of rotatable bonds is 6. The molecular weight excluding hydrogens is 403 g/mol.